The molecule has 0 saturated carbocycles. The molecule has 0 fully saturated rings. The number of hydrogen-bond donors (Lipinski definition) is 2. The van der Waals surface area contributed by atoms with E-state index in [2.05, 4.69) is 5.32 Å². The first-order valence-corrected chi connectivity index (χ1v) is 8.10. The molecule has 0 aliphatic heterocycles. The Balaban J connectivity index is 2.05. The molecule has 3 N–H and O–H groups in total. The highest BCUT2D eigenvalue weighted by Crippen LogP contribution is 2.36. The van der Waals surface area contributed by atoms with Gasteiger partial charge in [-0.1, -0.05) is 29.8 Å². The van der Waals surface area contributed by atoms with E-state index in [9.17, 15) is 14.0 Å². The van der Waals surface area contributed by atoms with Crippen LogP contribution in [0.4, 0.5) is 4.39 Å². The van der Waals surface area contributed by atoms with Crippen LogP contribution in [0, 0.1) is 5.82 Å². The van der Waals surface area contributed by atoms with E-state index < -0.39 is 11.8 Å². The smallest absolute Gasteiger partial charge is 0.255 e. The SMILES string of the molecule is COc1cc(C(=O)NCCc2ccccc2F)cc(Cl)c1OCC(N)=O. The van der Waals surface area contributed by atoms with Gasteiger partial charge in [0.25, 0.3) is 11.8 Å². The molecule has 0 atom stereocenters. The zero-order chi connectivity index (χ0) is 19.1. The highest BCUT2D eigenvalue weighted by Gasteiger charge is 2.16. The third-order valence-corrected chi connectivity index (χ3v) is 3.77. The average molecular weight is 381 g/mol. The van der Waals surface area contributed by atoms with Crippen LogP contribution in [-0.2, 0) is 11.2 Å². The fourth-order valence-electron chi connectivity index (χ4n) is 2.25. The average Bonchev–Trinajstić information content (AvgIpc) is 2.61. The van der Waals surface area contributed by atoms with Crippen LogP contribution < -0.4 is 20.5 Å². The Hall–Kier alpha value is -2.80. The van der Waals surface area contributed by atoms with Crippen LogP contribution in [0.5, 0.6) is 11.5 Å². The number of amides is 2. The minimum atomic E-state index is -0.668. The lowest BCUT2D eigenvalue weighted by atomic mass is 10.1. The predicted molar refractivity (Wildman–Crippen MR) is 95.1 cm³/mol. The molecule has 0 unspecified atom stereocenters. The molecule has 2 amide bonds. The lowest BCUT2D eigenvalue weighted by Gasteiger charge is -2.13. The Morgan fingerprint density at radius 1 is 1.27 bits per heavy atom. The molecule has 0 aliphatic rings. The summed E-state index contributed by atoms with van der Waals surface area (Å²) in [7, 11) is 1.38. The van der Waals surface area contributed by atoms with Crippen LogP contribution in [-0.4, -0.2) is 32.1 Å². The molecule has 138 valence electrons. The topological polar surface area (TPSA) is 90.7 Å². The summed E-state index contributed by atoms with van der Waals surface area (Å²) in [5.41, 5.74) is 5.79. The van der Waals surface area contributed by atoms with Gasteiger partial charge in [-0.25, -0.2) is 4.39 Å². The molecule has 0 heterocycles. The van der Waals surface area contributed by atoms with Crippen molar-refractivity contribution < 1.29 is 23.5 Å². The Morgan fingerprint density at radius 2 is 2.00 bits per heavy atom. The minimum Gasteiger partial charge on any atom is -0.493 e. The largest absolute Gasteiger partial charge is 0.493 e. The van der Waals surface area contributed by atoms with Crippen LogP contribution >= 0.6 is 11.6 Å². The summed E-state index contributed by atoms with van der Waals surface area (Å²) in [6.45, 7) is -0.121. The molecule has 0 spiro atoms. The summed E-state index contributed by atoms with van der Waals surface area (Å²) >= 11 is 6.10. The van der Waals surface area contributed by atoms with Gasteiger partial charge in [0, 0.05) is 12.1 Å². The number of hydrogen-bond acceptors (Lipinski definition) is 4. The number of carbonyl (C=O) groups is 2. The van der Waals surface area contributed by atoms with E-state index >= 15 is 0 Å². The number of nitrogens with two attached hydrogens (primary N) is 1. The van der Waals surface area contributed by atoms with Gasteiger partial charge in [-0.05, 0) is 30.2 Å². The molecule has 0 saturated heterocycles. The minimum absolute atomic E-state index is 0.102. The molecular weight excluding hydrogens is 363 g/mol. The maximum Gasteiger partial charge on any atom is 0.255 e. The summed E-state index contributed by atoms with van der Waals surface area (Å²) in [4.78, 5) is 23.1. The first-order chi connectivity index (χ1) is 12.4. The van der Waals surface area contributed by atoms with Gasteiger partial charge in [0.2, 0.25) is 0 Å². The Kier molecular flexibility index (Phi) is 6.80. The molecule has 0 bridgehead atoms. The maximum absolute atomic E-state index is 13.6. The van der Waals surface area contributed by atoms with Gasteiger partial charge in [0.1, 0.15) is 5.82 Å². The molecular formula is C18H18ClFN2O4. The third-order valence-electron chi connectivity index (χ3n) is 3.49. The summed E-state index contributed by atoms with van der Waals surface area (Å²) in [6, 6.07) is 9.18. The van der Waals surface area contributed by atoms with Gasteiger partial charge >= 0.3 is 0 Å². The highest BCUT2D eigenvalue weighted by atomic mass is 35.5. The Labute approximate surface area is 155 Å². The molecule has 0 aromatic heterocycles. The fraction of sp³-hybridized carbons (Fsp3) is 0.222. The number of rotatable bonds is 8. The highest BCUT2D eigenvalue weighted by molar-refractivity contribution is 6.32. The van der Waals surface area contributed by atoms with Crippen molar-refractivity contribution in [1.82, 2.24) is 5.32 Å². The molecule has 2 rings (SSSR count). The van der Waals surface area contributed by atoms with E-state index in [0.29, 0.717) is 12.0 Å². The van der Waals surface area contributed by atoms with Crippen molar-refractivity contribution in [2.24, 2.45) is 5.73 Å². The number of primary amides is 1. The van der Waals surface area contributed by atoms with E-state index in [1.165, 1.54) is 25.3 Å². The van der Waals surface area contributed by atoms with E-state index in [-0.39, 0.29) is 41.1 Å². The van der Waals surface area contributed by atoms with Crippen LogP contribution in [0.25, 0.3) is 0 Å². The van der Waals surface area contributed by atoms with Gasteiger partial charge in [-0.3, -0.25) is 9.59 Å². The van der Waals surface area contributed by atoms with Gasteiger partial charge in [-0.2, -0.15) is 0 Å². The van der Waals surface area contributed by atoms with E-state index in [4.69, 9.17) is 26.8 Å². The molecule has 0 radical (unpaired) electrons. The number of methoxy groups -OCH3 is 1. The van der Waals surface area contributed by atoms with Crippen molar-refractivity contribution in [2.45, 2.75) is 6.42 Å². The number of ether oxygens (including phenoxy) is 2. The van der Waals surface area contributed by atoms with Gasteiger partial charge in [-0.15, -0.1) is 0 Å². The summed E-state index contributed by atoms with van der Waals surface area (Å²) < 4.78 is 23.9. The molecule has 2 aromatic carbocycles. The summed E-state index contributed by atoms with van der Waals surface area (Å²) in [5, 5.41) is 2.79. The second kappa shape index (κ2) is 9.05. The first-order valence-electron chi connectivity index (χ1n) is 7.72. The van der Waals surface area contributed by atoms with Crippen LogP contribution in [0.1, 0.15) is 15.9 Å². The molecule has 0 aliphatic carbocycles. The Morgan fingerprint density at radius 3 is 2.65 bits per heavy atom. The number of halogens is 2. The van der Waals surface area contributed by atoms with Crippen LogP contribution in [0.2, 0.25) is 5.02 Å². The van der Waals surface area contributed by atoms with Crippen LogP contribution in [0.15, 0.2) is 36.4 Å². The zero-order valence-electron chi connectivity index (χ0n) is 14.1. The van der Waals surface area contributed by atoms with Crippen molar-refractivity contribution in [3.63, 3.8) is 0 Å². The monoisotopic (exact) mass is 380 g/mol. The third kappa shape index (κ3) is 5.10. The van der Waals surface area contributed by atoms with Crippen molar-refractivity contribution in [3.8, 4) is 11.5 Å². The summed E-state index contributed by atoms with van der Waals surface area (Å²) in [5.74, 6) is -1.07. The van der Waals surface area contributed by atoms with Crippen molar-refractivity contribution in [3.05, 3.63) is 58.4 Å². The molecule has 8 heteroatoms. The molecule has 26 heavy (non-hydrogen) atoms. The Bertz CT molecular complexity index is 814. The molecule has 6 nitrogen and oxygen atoms in total. The fourth-order valence-corrected chi connectivity index (χ4v) is 2.51. The van der Waals surface area contributed by atoms with Crippen LogP contribution in [0.3, 0.4) is 0 Å². The van der Waals surface area contributed by atoms with Gasteiger partial charge in [0.05, 0.1) is 12.1 Å². The second-order valence-corrected chi connectivity index (χ2v) is 5.75. The van der Waals surface area contributed by atoms with Crippen molar-refractivity contribution in [2.75, 3.05) is 20.3 Å². The number of benzene rings is 2. The van der Waals surface area contributed by atoms with E-state index in [1.54, 1.807) is 18.2 Å². The van der Waals surface area contributed by atoms with Gasteiger partial charge in [0.15, 0.2) is 18.1 Å². The summed E-state index contributed by atoms with van der Waals surface area (Å²) in [6.07, 6.45) is 0.350. The van der Waals surface area contributed by atoms with Gasteiger partial charge < -0.3 is 20.5 Å². The normalized spacial score (nSPS) is 10.3. The van der Waals surface area contributed by atoms with E-state index in [1.807, 2.05) is 0 Å². The maximum atomic E-state index is 13.6. The standard InChI is InChI=1S/C18H18ClFN2O4/c1-25-15-9-12(8-13(19)17(15)26-10-16(21)23)18(24)22-7-6-11-4-2-3-5-14(11)20/h2-5,8-9H,6-7,10H2,1H3,(H2,21,23)(H,22,24). The first kappa shape index (κ1) is 19.5. The predicted octanol–water partition coefficient (Wildman–Crippen LogP) is 2.32. The second-order valence-electron chi connectivity index (χ2n) is 5.34. The molecule has 2 aromatic rings. The van der Waals surface area contributed by atoms with E-state index in [0.717, 1.165) is 0 Å². The number of carbonyl (C=O) groups excluding carboxylic acids is 2. The van der Waals surface area contributed by atoms with Crippen molar-refractivity contribution >= 4 is 23.4 Å². The quantitative estimate of drug-likeness (QED) is 0.735. The lowest BCUT2D eigenvalue weighted by molar-refractivity contribution is -0.119. The number of nitrogens with one attached hydrogen (secondary N) is 1. The van der Waals surface area contributed by atoms with Crippen molar-refractivity contribution in [1.29, 1.82) is 0 Å². The zero-order valence-corrected chi connectivity index (χ0v) is 14.8. The lowest BCUT2D eigenvalue weighted by Crippen LogP contribution is -2.26.